The molecule has 2 N–H and O–H groups in total. The third-order valence-corrected chi connectivity index (χ3v) is 9.34. The van der Waals surface area contributed by atoms with Gasteiger partial charge in [0, 0.05) is 6.54 Å². The van der Waals surface area contributed by atoms with Crippen LogP contribution < -0.4 is 5.73 Å². The fourth-order valence-corrected chi connectivity index (χ4v) is 7.26. The van der Waals surface area contributed by atoms with E-state index in [1.54, 1.807) is 0 Å². The first-order chi connectivity index (χ1) is 21.7. The molecule has 0 aliphatic heterocycles. The van der Waals surface area contributed by atoms with Gasteiger partial charge in [0.15, 0.2) is 0 Å². The molecule has 1 nitrogen and oxygen atoms in total. The van der Waals surface area contributed by atoms with Gasteiger partial charge in [-0.3, -0.25) is 0 Å². The van der Waals surface area contributed by atoms with E-state index in [-0.39, 0.29) is 0 Å². The molecular weight excluding hydrogens is 530 g/mol. The summed E-state index contributed by atoms with van der Waals surface area (Å²) in [6.45, 7) is 0.467. The Hall–Kier alpha value is -5.50. The minimum Gasteiger partial charge on any atom is -0.326 e. The van der Waals surface area contributed by atoms with Crippen molar-refractivity contribution in [3.8, 4) is 22.3 Å². The Morgan fingerprint density at radius 2 is 0.773 bits per heavy atom. The summed E-state index contributed by atoms with van der Waals surface area (Å²) < 4.78 is 0. The fourth-order valence-electron chi connectivity index (χ4n) is 7.26. The molecular formula is C43H29N. The summed E-state index contributed by atoms with van der Waals surface area (Å²) in [5.41, 5.74) is 12.6. The Morgan fingerprint density at radius 3 is 1.32 bits per heavy atom. The summed E-state index contributed by atoms with van der Waals surface area (Å²) in [4.78, 5) is 0. The van der Waals surface area contributed by atoms with Gasteiger partial charge in [0.05, 0.1) is 0 Å². The van der Waals surface area contributed by atoms with Crippen LogP contribution in [0.4, 0.5) is 0 Å². The molecule has 1 heteroatoms. The lowest BCUT2D eigenvalue weighted by Gasteiger charge is -2.19. The predicted octanol–water partition coefficient (Wildman–Crippen LogP) is 11.4. The molecule has 0 saturated heterocycles. The van der Waals surface area contributed by atoms with Gasteiger partial charge in [0.25, 0.3) is 0 Å². The van der Waals surface area contributed by atoms with E-state index < -0.39 is 0 Å². The molecule has 0 heterocycles. The van der Waals surface area contributed by atoms with Gasteiger partial charge in [-0.1, -0.05) is 109 Å². The zero-order valence-corrected chi connectivity index (χ0v) is 24.2. The minimum absolute atomic E-state index is 0.467. The second-order valence-corrected chi connectivity index (χ2v) is 11.9. The fraction of sp³-hybridized carbons (Fsp3) is 0.0233. The quantitative estimate of drug-likeness (QED) is 0.214. The molecule has 0 aliphatic rings. The second-order valence-electron chi connectivity index (χ2n) is 11.9. The van der Waals surface area contributed by atoms with Crippen LogP contribution in [0.1, 0.15) is 5.56 Å². The van der Waals surface area contributed by atoms with Crippen LogP contribution in [-0.4, -0.2) is 0 Å². The molecule has 9 aromatic rings. The van der Waals surface area contributed by atoms with Crippen molar-refractivity contribution in [1.82, 2.24) is 0 Å². The highest BCUT2D eigenvalue weighted by atomic mass is 14.5. The zero-order valence-electron chi connectivity index (χ0n) is 24.2. The van der Waals surface area contributed by atoms with Gasteiger partial charge in [-0.05, 0) is 135 Å². The lowest BCUT2D eigenvalue weighted by molar-refractivity contribution is 1.08. The molecule has 44 heavy (non-hydrogen) atoms. The minimum atomic E-state index is 0.467. The van der Waals surface area contributed by atoms with Crippen LogP contribution in [0.3, 0.4) is 0 Å². The van der Waals surface area contributed by atoms with Crippen LogP contribution >= 0.6 is 0 Å². The van der Waals surface area contributed by atoms with E-state index in [9.17, 15) is 0 Å². The lowest BCUT2D eigenvalue weighted by atomic mass is 9.85. The third-order valence-electron chi connectivity index (χ3n) is 9.34. The van der Waals surface area contributed by atoms with E-state index in [1.165, 1.54) is 86.9 Å². The SMILES string of the molecule is NCc1ccc(-c2c3ccccc3cc3cc4ccccc4cc23)cc1-c1c2ccccc2cc2cc3ccccc3cc12. The van der Waals surface area contributed by atoms with Gasteiger partial charge in [-0.2, -0.15) is 0 Å². The van der Waals surface area contributed by atoms with Gasteiger partial charge >= 0.3 is 0 Å². The van der Waals surface area contributed by atoms with Crippen molar-refractivity contribution in [1.29, 1.82) is 0 Å². The van der Waals surface area contributed by atoms with E-state index in [0.717, 1.165) is 5.56 Å². The topological polar surface area (TPSA) is 26.0 Å². The van der Waals surface area contributed by atoms with E-state index in [0.29, 0.717) is 6.54 Å². The standard InChI is InChI=1S/C43H29N/c44-26-34-18-17-33(42-37-15-7-5-13-31(37)21-35-19-27-9-1-3-11-29(27)23-40(35)42)25-39(34)43-38-16-8-6-14-32(38)22-36-20-28-10-2-4-12-30(28)24-41(36)43/h1-25H,26,44H2. The Morgan fingerprint density at radius 1 is 0.341 bits per heavy atom. The second kappa shape index (κ2) is 9.77. The molecule has 9 rings (SSSR count). The number of benzene rings is 9. The molecule has 206 valence electrons. The summed E-state index contributed by atoms with van der Waals surface area (Å²) in [6.07, 6.45) is 0. The number of rotatable bonds is 3. The molecule has 0 bridgehead atoms. The smallest absolute Gasteiger partial charge is 0.0184 e. The molecule has 0 fully saturated rings. The van der Waals surface area contributed by atoms with Crippen molar-refractivity contribution < 1.29 is 0 Å². The predicted molar refractivity (Wildman–Crippen MR) is 190 cm³/mol. The highest BCUT2D eigenvalue weighted by Crippen LogP contribution is 2.44. The highest BCUT2D eigenvalue weighted by molar-refractivity contribution is 6.18. The molecule has 0 aromatic heterocycles. The highest BCUT2D eigenvalue weighted by Gasteiger charge is 2.17. The van der Waals surface area contributed by atoms with Crippen molar-refractivity contribution >= 4 is 64.6 Å². The zero-order chi connectivity index (χ0) is 29.2. The summed E-state index contributed by atoms with van der Waals surface area (Å²) in [6, 6.07) is 55.8. The van der Waals surface area contributed by atoms with Crippen LogP contribution in [-0.2, 0) is 6.54 Å². The first-order valence-electron chi connectivity index (χ1n) is 15.3. The Kier molecular flexibility index (Phi) is 5.56. The van der Waals surface area contributed by atoms with Crippen LogP contribution in [0.2, 0.25) is 0 Å². The van der Waals surface area contributed by atoms with Crippen LogP contribution in [0, 0.1) is 0 Å². The van der Waals surface area contributed by atoms with E-state index in [1.807, 2.05) is 0 Å². The summed E-state index contributed by atoms with van der Waals surface area (Å²) in [7, 11) is 0. The summed E-state index contributed by atoms with van der Waals surface area (Å²) in [5, 5.41) is 15.0. The molecule has 0 amide bonds. The van der Waals surface area contributed by atoms with E-state index in [4.69, 9.17) is 5.73 Å². The number of nitrogens with two attached hydrogens (primary N) is 1. The molecule has 0 aliphatic carbocycles. The van der Waals surface area contributed by atoms with Crippen LogP contribution in [0.25, 0.3) is 86.9 Å². The molecule has 0 saturated carbocycles. The van der Waals surface area contributed by atoms with Gasteiger partial charge in [0.1, 0.15) is 0 Å². The average Bonchev–Trinajstić information content (AvgIpc) is 3.07. The normalized spacial score (nSPS) is 11.8. The maximum Gasteiger partial charge on any atom is 0.0184 e. The van der Waals surface area contributed by atoms with Crippen molar-refractivity contribution in [2.24, 2.45) is 5.73 Å². The monoisotopic (exact) mass is 559 g/mol. The van der Waals surface area contributed by atoms with E-state index >= 15 is 0 Å². The largest absolute Gasteiger partial charge is 0.326 e. The summed E-state index contributed by atoms with van der Waals surface area (Å²) in [5.74, 6) is 0. The molecule has 0 atom stereocenters. The third kappa shape index (κ3) is 3.84. The Balaban J connectivity index is 1.41. The number of hydrogen-bond donors (Lipinski definition) is 1. The maximum absolute atomic E-state index is 6.50. The Labute approximate surface area is 255 Å². The lowest BCUT2D eigenvalue weighted by Crippen LogP contribution is -2.00. The number of fused-ring (bicyclic) bond motifs is 6. The van der Waals surface area contributed by atoms with Gasteiger partial charge in [-0.25, -0.2) is 0 Å². The molecule has 0 unspecified atom stereocenters. The first-order valence-corrected chi connectivity index (χ1v) is 15.3. The van der Waals surface area contributed by atoms with Gasteiger partial charge in [-0.15, -0.1) is 0 Å². The van der Waals surface area contributed by atoms with Crippen molar-refractivity contribution in [3.63, 3.8) is 0 Å². The van der Waals surface area contributed by atoms with Crippen molar-refractivity contribution in [3.05, 3.63) is 157 Å². The number of hydrogen-bond acceptors (Lipinski definition) is 1. The van der Waals surface area contributed by atoms with Crippen LogP contribution in [0.15, 0.2) is 152 Å². The molecule has 9 aromatic carbocycles. The summed E-state index contributed by atoms with van der Waals surface area (Å²) >= 11 is 0. The first kappa shape index (κ1) is 25.0. The van der Waals surface area contributed by atoms with Crippen molar-refractivity contribution in [2.45, 2.75) is 6.54 Å². The average molecular weight is 560 g/mol. The van der Waals surface area contributed by atoms with Gasteiger partial charge < -0.3 is 5.73 Å². The molecule has 0 radical (unpaired) electrons. The van der Waals surface area contributed by atoms with E-state index in [2.05, 4.69) is 152 Å². The van der Waals surface area contributed by atoms with Crippen molar-refractivity contribution in [2.75, 3.05) is 0 Å². The Bertz CT molecular complexity index is 2580. The van der Waals surface area contributed by atoms with Gasteiger partial charge in [0.2, 0.25) is 0 Å². The maximum atomic E-state index is 6.50. The molecule has 0 spiro atoms. The van der Waals surface area contributed by atoms with Crippen LogP contribution in [0.5, 0.6) is 0 Å².